The Morgan fingerprint density at radius 1 is 1.36 bits per heavy atom. The predicted molar refractivity (Wildman–Crippen MR) is 97.7 cm³/mol. The molecule has 6 nitrogen and oxygen atoms in total. The van der Waals surface area contributed by atoms with Gasteiger partial charge in [0.2, 0.25) is 0 Å². The average Bonchev–Trinajstić information content (AvgIpc) is 3.02. The van der Waals surface area contributed by atoms with E-state index in [1.807, 2.05) is 12.1 Å². The molecule has 2 aromatic rings. The summed E-state index contributed by atoms with van der Waals surface area (Å²) in [7, 11) is 0. The second kappa shape index (κ2) is 6.40. The van der Waals surface area contributed by atoms with Crippen molar-refractivity contribution in [3.8, 4) is 5.75 Å². The van der Waals surface area contributed by atoms with E-state index in [-0.39, 0.29) is 11.4 Å². The molecule has 0 saturated heterocycles. The highest BCUT2D eigenvalue weighted by molar-refractivity contribution is 8.14. The molecule has 1 amide bonds. The van der Waals surface area contributed by atoms with Crippen LogP contribution in [0.1, 0.15) is 28.0 Å². The highest BCUT2D eigenvalue weighted by Gasteiger charge is 2.41. The van der Waals surface area contributed by atoms with Crippen molar-refractivity contribution < 1.29 is 9.53 Å². The van der Waals surface area contributed by atoms with Gasteiger partial charge in [-0.25, -0.2) is 0 Å². The lowest BCUT2D eigenvalue weighted by Crippen LogP contribution is -2.32. The molecule has 1 aromatic carbocycles. The van der Waals surface area contributed by atoms with Crippen molar-refractivity contribution >= 4 is 22.8 Å². The van der Waals surface area contributed by atoms with Crippen LogP contribution in [0, 0.1) is 0 Å². The highest BCUT2D eigenvalue weighted by atomic mass is 32.2. The van der Waals surface area contributed by atoms with Crippen LogP contribution < -0.4 is 15.8 Å². The number of hydrogen-bond acceptors (Lipinski definition) is 6. The molecule has 7 heteroatoms. The number of thioether (sulfide) groups is 1. The molecule has 0 bridgehead atoms. The van der Waals surface area contributed by atoms with Crippen LogP contribution in [0.2, 0.25) is 0 Å². The van der Waals surface area contributed by atoms with Crippen molar-refractivity contribution in [1.82, 2.24) is 10.3 Å². The second-order valence-corrected chi connectivity index (χ2v) is 7.09. The minimum absolute atomic E-state index is 0.192. The largest absolute Gasteiger partial charge is 0.493 e. The van der Waals surface area contributed by atoms with Crippen LogP contribution in [0.5, 0.6) is 5.75 Å². The molecule has 2 aliphatic heterocycles. The third-order valence-corrected chi connectivity index (χ3v) is 5.46. The van der Waals surface area contributed by atoms with Gasteiger partial charge in [0.05, 0.1) is 6.61 Å². The van der Waals surface area contributed by atoms with Crippen LogP contribution in [0.3, 0.4) is 0 Å². The summed E-state index contributed by atoms with van der Waals surface area (Å²) in [4.78, 5) is 20.9. The summed E-state index contributed by atoms with van der Waals surface area (Å²) in [5, 5.41) is 3.53. The number of benzene rings is 1. The SMILES string of the molecule is NC1=N[C@]2(CCOc3ccc(CNC(=O)c4ccccn4)cc32)CS1. The smallest absolute Gasteiger partial charge is 0.270 e. The molecule has 1 aromatic heterocycles. The van der Waals surface area contributed by atoms with Crippen molar-refractivity contribution in [2.45, 2.75) is 18.5 Å². The summed E-state index contributed by atoms with van der Waals surface area (Å²) in [6.45, 7) is 1.06. The molecule has 25 heavy (non-hydrogen) atoms. The molecule has 4 rings (SSSR count). The molecule has 128 valence electrons. The van der Waals surface area contributed by atoms with Gasteiger partial charge in [-0.2, -0.15) is 0 Å². The lowest BCUT2D eigenvalue weighted by Gasteiger charge is -2.32. The number of nitrogens with two attached hydrogens (primary N) is 1. The molecular weight excluding hydrogens is 336 g/mol. The molecule has 3 N–H and O–H groups in total. The normalized spacial score (nSPS) is 21.4. The molecule has 0 saturated carbocycles. The fourth-order valence-electron chi connectivity index (χ4n) is 3.15. The zero-order valence-corrected chi connectivity index (χ0v) is 14.4. The van der Waals surface area contributed by atoms with Crippen LogP contribution in [0.4, 0.5) is 0 Å². The van der Waals surface area contributed by atoms with Gasteiger partial charge in [0.25, 0.3) is 5.91 Å². The van der Waals surface area contributed by atoms with Crippen molar-refractivity contribution in [3.05, 3.63) is 59.4 Å². The highest BCUT2D eigenvalue weighted by Crippen LogP contribution is 2.45. The number of hydrogen-bond donors (Lipinski definition) is 2. The summed E-state index contributed by atoms with van der Waals surface area (Å²) >= 11 is 1.58. The number of nitrogens with zero attached hydrogens (tertiary/aromatic N) is 2. The first-order chi connectivity index (χ1) is 12.2. The molecule has 2 aliphatic rings. The molecule has 3 heterocycles. The van der Waals surface area contributed by atoms with E-state index >= 15 is 0 Å². The van der Waals surface area contributed by atoms with E-state index in [4.69, 9.17) is 10.5 Å². The van der Waals surface area contributed by atoms with Crippen LogP contribution >= 0.6 is 11.8 Å². The lowest BCUT2D eigenvalue weighted by molar-refractivity contribution is 0.0946. The van der Waals surface area contributed by atoms with E-state index in [2.05, 4.69) is 21.4 Å². The number of nitrogens with one attached hydrogen (secondary N) is 1. The van der Waals surface area contributed by atoms with E-state index in [1.165, 1.54) is 0 Å². The Morgan fingerprint density at radius 3 is 3.04 bits per heavy atom. The number of aliphatic imine (C=N–C) groups is 1. The Balaban J connectivity index is 1.55. The first kappa shape index (κ1) is 16.0. The number of carbonyl (C=O) groups is 1. The maximum atomic E-state index is 12.2. The number of aromatic nitrogens is 1. The number of carbonyl (C=O) groups excluding carboxylic acids is 1. The zero-order valence-electron chi connectivity index (χ0n) is 13.6. The van der Waals surface area contributed by atoms with Crippen LogP contribution in [-0.4, -0.2) is 28.4 Å². The quantitative estimate of drug-likeness (QED) is 0.880. The Kier molecular flexibility index (Phi) is 4.09. The first-order valence-electron chi connectivity index (χ1n) is 8.10. The van der Waals surface area contributed by atoms with Crippen molar-refractivity contribution in [1.29, 1.82) is 0 Å². The van der Waals surface area contributed by atoms with Crippen LogP contribution in [0.25, 0.3) is 0 Å². The van der Waals surface area contributed by atoms with Gasteiger partial charge in [-0.1, -0.05) is 23.9 Å². The average molecular weight is 354 g/mol. The molecule has 1 atom stereocenters. The summed E-state index contributed by atoms with van der Waals surface area (Å²) in [6.07, 6.45) is 2.42. The van der Waals surface area contributed by atoms with Gasteiger partial charge in [0.15, 0.2) is 5.17 Å². The molecular formula is C18H18N4O2S. The maximum Gasteiger partial charge on any atom is 0.270 e. The minimum atomic E-state index is -0.302. The zero-order chi connectivity index (χ0) is 17.3. The molecule has 0 unspecified atom stereocenters. The van der Waals surface area contributed by atoms with Gasteiger partial charge >= 0.3 is 0 Å². The van der Waals surface area contributed by atoms with Gasteiger partial charge in [-0.05, 0) is 29.8 Å². The Hall–Kier alpha value is -2.54. The van der Waals surface area contributed by atoms with E-state index in [9.17, 15) is 4.79 Å². The van der Waals surface area contributed by atoms with Gasteiger partial charge in [0.1, 0.15) is 17.0 Å². The summed E-state index contributed by atoms with van der Waals surface area (Å²) < 4.78 is 5.78. The Morgan fingerprint density at radius 2 is 2.28 bits per heavy atom. The van der Waals surface area contributed by atoms with Gasteiger partial charge in [-0.3, -0.25) is 14.8 Å². The monoisotopic (exact) mass is 354 g/mol. The van der Waals surface area contributed by atoms with Gasteiger partial charge in [0, 0.05) is 30.5 Å². The third-order valence-electron chi connectivity index (χ3n) is 4.45. The van der Waals surface area contributed by atoms with Crippen molar-refractivity contribution in [2.24, 2.45) is 10.7 Å². The van der Waals surface area contributed by atoms with E-state index in [0.29, 0.717) is 24.0 Å². The number of amides is 1. The standard InChI is InChI=1S/C18H18N4O2S/c19-17-22-18(11-25-17)6-8-24-15-5-4-12(9-13(15)18)10-21-16(23)14-3-1-2-7-20-14/h1-5,7,9H,6,8,10-11H2,(H2,19,22)(H,21,23)/t18-/m1/s1. The summed E-state index contributed by atoms with van der Waals surface area (Å²) in [5.41, 5.74) is 8.06. The fraction of sp³-hybridized carbons (Fsp3) is 0.278. The van der Waals surface area contributed by atoms with E-state index < -0.39 is 0 Å². The molecule has 0 radical (unpaired) electrons. The summed E-state index contributed by atoms with van der Waals surface area (Å²) in [5.74, 6) is 1.49. The Labute approximate surface area is 149 Å². The number of amidine groups is 1. The van der Waals surface area contributed by atoms with Gasteiger partial charge in [-0.15, -0.1) is 0 Å². The van der Waals surface area contributed by atoms with Crippen molar-refractivity contribution in [3.63, 3.8) is 0 Å². The fourth-order valence-corrected chi connectivity index (χ4v) is 4.14. The van der Waals surface area contributed by atoms with E-state index in [1.54, 1.807) is 36.2 Å². The number of fused-ring (bicyclic) bond motifs is 2. The molecule has 0 aliphatic carbocycles. The van der Waals surface area contributed by atoms with Gasteiger partial charge < -0.3 is 15.8 Å². The summed E-state index contributed by atoms with van der Waals surface area (Å²) in [6, 6.07) is 11.3. The number of pyridine rings is 1. The Bertz CT molecular complexity index is 840. The topological polar surface area (TPSA) is 89.6 Å². The molecule has 0 fully saturated rings. The lowest BCUT2D eigenvalue weighted by atomic mass is 9.86. The van der Waals surface area contributed by atoms with Crippen LogP contribution in [0.15, 0.2) is 47.6 Å². The maximum absolute atomic E-state index is 12.2. The van der Waals surface area contributed by atoms with E-state index in [0.717, 1.165) is 29.1 Å². The third kappa shape index (κ3) is 3.07. The van der Waals surface area contributed by atoms with Crippen LogP contribution in [-0.2, 0) is 12.1 Å². The second-order valence-electron chi connectivity index (χ2n) is 6.10. The molecule has 1 spiro atoms. The number of ether oxygens (including phenoxy) is 1. The number of rotatable bonds is 3. The van der Waals surface area contributed by atoms with Crippen molar-refractivity contribution in [2.75, 3.05) is 12.4 Å². The minimum Gasteiger partial charge on any atom is -0.493 e. The predicted octanol–water partition coefficient (Wildman–Crippen LogP) is 2.05. The first-order valence-corrected chi connectivity index (χ1v) is 9.08.